The van der Waals surface area contributed by atoms with Gasteiger partial charge in [-0.2, -0.15) is 13.2 Å². The summed E-state index contributed by atoms with van der Waals surface area (Å²) in [7, 11) is -5.22. The van der Waals surface area contributed by atoms with Gasteiger partial charge in [-0.25, -0.2) is 8.42 Å². The Bertz CT molecular complexity index is 532. The van der Waals surface area contributed by atoms with Crippen LogP contribution in [0.5, 0.6) is 0 Å². The zero-order chi connectivity index (χ0) is 12.7. The molecule has 0 saturated carbocycles. The number of halogens is 3. The fourth-order valence-corrected chi connectivity index (χ4v) is 2.66. The molecule has 6 heteroatoms. The Labute approximate surface area is 97.4 Å². The van der Waals surface area contributed by atoms with Crippen LogP contribution in [0.4, 0.5) is 13.2 Å². The molecule has 1 radical (unpaired) electrons. The molecule has 0 amide bonds. The Balaban J connectivity index is 2.48. The third-order valence-corrected chi connectivity index (χ3v) is 4.26. The molecule has 17 heavy (non-hydrogen) atoms. The first-order valence-corrected chi connectivity index (χ1v) is 6.55. The highest BCUT2D eigenvalue weighted by atomic mass is 32.2. The van der Waals surface area contributed by atoms with Crippen LogP contribution in [0.3, 0.4) is 0 Å². The molecule has 0 unspecified atom stereocenters. The van der Waals surface area contributed by atoms with E-state index in [9.17, 15) is 21.6 Å². The van der Waals surface area contributed by atoms with Gasteiger partial charge in [0.25, 0.3) is 9.84 Å². The lowest BCUT2D eigenvalue weighted by molar-refractivity contribution is -0.0436. The van der Waals surface area contributed by atoms with Crippen molar-refractivity contribution in [1.82, 2.24) is 0 Å². The molecular formula is C11H10F3O2S. The smallest absolute Gasteiger partial charge is 0.214 e. The Morgan fingerprint density at radius 1 is 1.12 bits per heavy atom. The molecule has 1 aliphatic rings. The van der Waals surface area contributed by atoms with Gasteiger partial charge in [-0.3, -0.25) is 0 Å². The molecular weight excluding hydrogens is 253 g/mol. The normalized spacial score (nSPS) is 16.6. The molecule has 0 atom stereocenters. The van der Waals surface area contributed by atoms with Crippen LogP contribution < -0.4 is 0 Å². The average molecular weight is 263 g/mol. The first kappa shape index (κ1) is 12.4. The van der Waals surface area contributed by atoms with Crippen LogP contribution in [0.15, 0.2) is 23.1 Å². The average Bonchev–Trinajstić information content (AvgIpc) is 2.27. The van der Waals surface area contributed by atoms with E-state index in [-0.39, 0.29) is 0 Å². The van der Waals surface area contributed by atoms with E-state index in [0.29, 0.717) is 12.0 Å². The van der Waals surface area contributed by atoms with E-state index in [1.54, 1.807) is 0 Å². The minimum atomic E-state index is -5.24. The largest absolute Gasteiger partial charge is 0.501 e. The van der Waals surface area contributed by atoms with Crippen molar-refractivity contribution in [3.05, 3.63) is 35.7 Å². The quantitative estimate of drug-likeness (QED) is 0.780. The van der Waals surface area contributed by atoms with Crippen LogP contribution >= 0.6 is 0 Å². The molecule has 1 aromatic rings. The van der Waals surface area contributed by atoms with Crippen molar-refractivity contribution in [2.24, 2.45) is 0 Å². The molecule has 0 aromatic heterocycles. The van der Waals surface area contributed by atoms with Crippen LogP contribution in [-0.2, 0) is 22.7 Å². The zero-order valence-electron chi connectivity index (χ0n) is 8.79. The van der Waals surface area contributed by atoms with Crippen LogP contribution in [0.25, 0.3) is 0 Å². The summed E-state index contributed by atoms with van der Waals surface area (Å²) >= 11 is 0. The predicted molar refractivity (Wildman–Crippen MR) is 56.0 cm³/mol. The fraction of sp³-hybridized carbons (Fsp3) is 0.364. The van der Waals surface area contributed by atoms with Gasteiger partial charge in [-0.15, -0.1) is 0 Å². The number of rotatable bonds is 1. The van der Waals surface area contributed by atoms with E-state index in [1.165, 1.54) is 6.07 Å². The minimum absolute atomic E-state index is 0.524. The molecule has 2 rings (SSSR count). The second-order valence-corrected chi connectivity index (χ2v) is 5.85. The van der Waals surface area contributed by atoms with Gasteiger partial charge < -0.3 is 0 Å². The lowest BCUT2D eigenvalue weighted by Crippen LogP contribution is -2.23. The van der Waals surface area contributed by atoms with Crippen molar-refractivity contribution in [1.29, 1.82) is 0 Å². The van der Waals surface area contributed by atoms with Crippen molar-refractivity contribution in [3.63, 3.8) is 0 Å². The summed E-state index contributed by atoms with van der Waals surface area (Å²) in [4.78, 5) is -0.668. The molecule has 0 N–H and O–H groups in total. The predicted octanol–water partition coefficient (Wildman–Crippen LogP) is 2.67. The first-order chi connectivity index (χ1) is 7.82. The van der Waals surface area contributed by atoms with E-state index < -0.39 is 20.2 Å². The van der Waals surface area contributed by atoms with E-state index in [2.05, 4.69) is 0 Å². The third-order valence-electron chi connectivity index (χ3n) is 2.77. The van der Waals surface area contributed by atoms with Gasteiger partial charge in [0.15, 0.2) is 0 Å². The van der Waals surface area contributed by atoms with E-state index in [1.807, 2.05) is 6.42 Å². The summed E-state index contributed by atoms with van der Waals surface area (Å²) < 4.78 is 59.5. The van der Waals surface area contributed by atoms with Crippen LogP contribution in [0.1, 0.15) is 17.5 Å². The zero-order valence-corrected chi connectivity index (χ0v) is 9.61. The molecule has 0 spiro atoms. The number of alkyl halides is 3. The number of benzene rings is 1. The molecule has 0 bridgehead atoms. The summed E-state index contributed by atoms with van der Waals surface area (Å²) in [5.41, 5.74) is -3.64. The van der Waals surface area contributed by atoms with Gasteiger partial charge in [0.1, 0.15) is 0 Å². The highest BCUT2D eigenvalue weighted by molar-refractivity contribution is 7.92. The second-order valence-electron chi connectivity index (χ2n) is 3.91. The van der Waals surface area contributed by atoms with Crippen molar-refractivity contribution < 1.29 is 21.6 Å². The summed E-state index contributed by atoms with van der Waals surface area (Å²) in [5, 5.41) is 0. The fourth-order valence-electron chi connectivity index (χ4n) is 1.85. The molecule has 93 valence electrons. The van der Waals surface area contributed by atoms with Crippen LogP contribution in [-0.4, -0.2) is 13.9 Å². The maximum absolute atomic E-state index is 12.4. The summed E-state index contributed by atoms with van der Waals surface area (Å²) in [6, 6.07) is 3.64. The van der Waals surface area contributed by atoms with Gasteiger partial charge in [0, 0.05) is 0 Å². The van der Waals surface area contributed by atoms with Crippen molar-refractivity contribution in [2.45, 2.75) is 29.7 Å². The number of fused-ring (bicyclic) bond motifs is 1. The van der Waals surface area contributed by atoms with Gasteiger partial charge in [0.2, 0.25) is 0 Å². The van der Waals surface area contributed by atoms with Gasteiger partial charge in [-0.05, 0) is 48.9 Å². The maximum atomic E-state index is 12.4. The molecule has 0 fully saturated rings. The van der Waals surface area contributed by atoms with E-state index in [4.69, 9.17) is 0 Å². The maximum Gasteiger partial charge on any atom is 0.501 e. The van der Waals surface area contributed by atoms with Gasteiger partial charge in [-0.1, -0.05) is 6.07 Å². The van der Waals surface area contributed by atoms with E-state index in [0.717, 1.165) is 30.5 Å². The summed E-state index contributed by atoms with van der Waals surface area (Å²) in [6.45, 7) is 0. The van der Waals surface area contributed by atoms with Gasteiger partial charge in [0.05, 0.1) is 4.90 Å². The van der Waals surface area contributed by atoms with Crippen molar-refractivity contribution in [2.75, 3.05) is 0 Å². The molecule has 0 saturated heterocycles. The summed E-state index contributed by atoms with van der Waals surface area (Å²) in [6.07, 6.45) is 4.09. The van der Waals surface area contributed by atoms with Gasteiger partial charge >= 0.3 is 5.51 Å². The molecule has 0 heterocycles. The topological polar surface area (TPSA) is 34.1 Å². The highest BCUT2D eigenvalue weighted by Gasteiger charge is 2.46. The lowest BCUT2D eigenvalue weighted by Gasteiger charge is -2.16. The Morgan fingerprint density at radius 2 is 1.82 bits per heavy atom. The number of sulfone groups is 1. The third kappa shape index (κ3) is 2.18. The minimum Gasteiger partial charge on any atom is -0.214 e. The Kier molecular flexibility index (Phi) is 2.93. The second kappa shape index (κ2) is 4.01. The molecule has 1 aliphatic carbocycles. The van der Waals surface area contributed by atoms with Crippen molar-refractivity contribution >= 4 is 9.84 Å². The molecule has 0 aliphatic heterocycles. The van der Waals surface area contributed by atoms with Crippen LogP contribution in [0.2, 0.25) is 0 Å². The van der Waals surface area contributed by atoms with E-state index >= 15 is 0 Å². The summed E-state index contributed by atoms with van der Waals surface area (Å²) in [5.74, 6) is 0. The monoisotopic (exact) mass is 263 g/mol. The number of hydrogen-bond donors (Lipinski definition) is 0. The van der Waals surface area contributed by atoms with Crippen LogP contribution in [0, 0.1) is 6.42 Å². The SMILES string of the molecule is O=S(=O)(c1ccc2c(c1)C[CH]CC2)C(F)(F)F. The molecule has 2 nitrogen and oxygen atoms in total. The highest BCUT2D eigenvalue weighted by Crippen LogP contribution is 2.32. The number of hydrogen-bond acceptors (Lipinski definition) is 2. The standard InChI is InChI=1S/C11H10F3O2S/c12-11(13,14)17(15,16)10-6-5-8-3-1-2-4-9(8)7-10/h2,5-7H,1,3-4H2. The van der Waals surface area contributed by atoms with Crippen molar-refractivity contribution in [3.8, 4) is 0 Å². The first-order valence-electron chi connectivity index (χ1n) is 5.07. The Hall–Kier alpha value is -1.04. The number of aryl methyl sites for hydroxylation is 1. The molecule has 1 aromatic carbocycles. The lowest BCUT2D eigenvalue weighted by atomic mass is 9.92. The Morgan fingerprint density at radius 3 is 2.47 bits per heavy atom.